The Labute approximate surface area is 194 Å². The average Bonchev–Trinajstić information content (AvgIpc) is 3.07. The first-order chi connectivity index (χ1) is 15.6. The second kappa shape index (κ2) is 8.70. The molecule has 1 N–H and O–H groups in total. The molecule has 168 valence electrons. The van der Waals surface area contributed by atoms with Crippen molar-refractivity contribution in [2.45, 2.75) is 12.8 Å². The number of carbonyl (C=O) groups is 1. The maximum Gasteiger partial charge on any atom is 0.416 e. The topological polar surface area (TPSA) is 81.5 Å². The second-order valence-electron chi connectivity index (χ2n) is 7.16. The molecular weight excluding hydrogens is 505 g/mol. The molecule has 0 aliphatic carbocycles. The van der Waals surface area contributed by atoms with Crippen LogP contribution in [-0.4, -0.2) is 10.8 Å². The number of nitro groups is 1. The lowest BCUT2D eigenvalue weighted by Crippen LogP contribution is -2.06. The first-order valence-corrected chi connectivity index (χ1v) is 10.3. The second-order valence-corrected chi connectivity index (χ2v) is 8.08. The van der Waals surface area contributed by atoms with Gasteiger partial charge in [-0.3, -0.25) is 14.9 Å². The molecule has 6 nitrogen and oxygen atoms in total. The van der Waals surface area contributed by atoms with Gasteiger partial charge in [-0.1, -0.05) is 22.0 Å². The summed E-state index contributed by atoms with van der Waals surface area (Å²) in [6.07, 6.45) is -2.97. The van der Waals surface area contributed by atoms with Gasteiger partial charge in [0, 0.05) is 39.0 Å². The number of hydrogen-bond acceptors (Lipinski definition) is 4. The summed E-state index contributed by atoms with van der Waals surface area (Å²) in [4.78, 5) is 22.8. The molecular formula is C23H14BrF3N2O4. The summed E-state index contributed by atoms with van der Waals surface area (Å²) in [6, 6.07) is 14.1. The number of rotatable bonds is 5. The van der Waals surface area contributed by atoms with E-state index in [0.29, 0.717) is 26.9 Å². The Hall–Kier alpha value is -3.66. The molecule has 0 bridgehead atoms. The van der Waals surface area contributed by atoms with Gasteiger partial charge < -0.3 is 10.1 Å². The van der Waals surface area contributed by atoms with Crippen molar-refractivity contribution < 1.29 is 27.6 Å². The summed E-state index contributed by atoms with van der Waals surface area (Å²) in [6.45, 7) is 0.119. The highest BCUT2D eigenvalue weighted by molar-refractivity contribution is 9.10. The molecule has 0 saturated carbocycles. The smallest absolute Gasteiger partial charge is 0.416 e. The van der Waals surface area contributed by atoms with Gasteiger partial charge in [0.05, 0.1) is 10.5 Å². The molecule has 0 saturated heterocycles. The van der Waals surface area contributed by atoms with Crippen LogP contribution in [0.1, 0.15) is 22.3 Å². The number of alkyl halides is 3. The summed E-state index contributed by atoms with van der Waals surface area (Å²) in [5.74, 6) is -0.0946. The predicted molar refractivity (Wildman–Crippen MR) is 120 cm³/mol. The van der Waals surface area contributed by atoms with E-state index in [1.807, 2.05) is 0 Å². The molecule has 0 radical (unpaired) electrons. The minimum absolute atomic E-state index is 0.0348. The molecule has 0 unspecified atom stereocenters. The molecule has 4 rings (SSSR count). The van der Waals surface area contributed by atoms with E-state index in [2.05, 4.69) is 21.2 Å². The van der Waals surface area contributed by atoms with E-state index in [4.69, 9.17) is 4.74 Å². The lowest BCUT2D eigenvalue weighted by molar-refractivity contribution is -0.384. The highest BCUT2D eigenvalue weighted by Gasteiger charge is 2.33. The fraction of sp³-hybridized carbons (Fsp3) is 0.0870. The number of ether oxygens (including phenoxy) is 1. The van der Waals surface area contributed by atoms with Crippen LogP contribution in [0.25, 0.3) is 11.6 Å². The van der Waals surface area contributed by atoms with Crippen LogP contribution in [0.2, 0.25) is 0 Å². The Morgan fingerprint density at radius 1 is 1.06 bits per heavy atom. The molecule has 1 amide bonds. The van der Waals surface area contributed by atoms with E-state index in [-0.39, 0.29) is 23.6 Å². The van der Waals surface area contributed by atoms with Gasteiger partial charge >= 0.3 is 6.18 Å². The first kappa shape index (κ1) is 22.5. The molecule has 1 aliphatic heterocycles. The van der Waals surface area contributed by atoms with Crippen molar-refractivity contribution in [1.82, 2.24) is 0 Å². The molecule has 0 aromatic heterocycles. The number of fused-ring (bicyclic) bond motifs is 1. The van der Waals surface area contributed by atoms with E-state index < -0.39 is 22.6 Å². The zero-order chi connectivity index (χ0) is 23.8. The number of nitrogens with zero attached hydrogens (tertiary/aromatic N) is 1. The number of halogens is 4. The Morgan fingerprint density at radius 2 is 1.79 bits per heavy atom. The van der Waals surface area contributed by atoms with Crippen LogP contribution in [0.5, 0.6) is 5.75 Å². The van der Waals surface area contributed by atoms with Crippen molar-refractivity contribution in [3.05, 3.63) is 97.5 Å². The van der Waals surface area contributed by atoms with Crippen molar-refractivity contribution >= 4 is 44.9 Å². The van der Waals surface area contributed by atoms with Gasteiger partial charge in [-0.2, -0.15) is 13.2 Å². The Kier molecular flexibility index (Phi) is 5.94. The highest BCUT2D eigenvalue weighted by Crippen LogP contribution is 2.39. The van der Waals surface area contributed by atoms with Crippen LogP contribution in [0, 0.1) is 10.1 Å². The maximum atomic E-state index is 13.0. The fourth-order valence-corrected chi connectivity index (χ4v) is 3.69. The normalized spacial score (nSPS) is 14.2. The van der Waals surface area contributed by atoms with Gasteiger partial charge in [0.2, 0.25) is 0 Å². The molecule has 1 aliphatic rings. The third kappa shape index (κ3) is 4.90. The summed E-state index contributed by atoms with van der Waals surface area (Å²) in [7, 11) is 0. The van der Waals surface area contributed by atoms with E-state index in [1.54, 1.807) is 36.4 Å². The summed E-state index contributed by atoms with van der Waals surface area (Å²) in [5.41, 5.74) is 0.996. The van der Waals surface area contributed by atoms with Crippen molar-refractivity contribution in [1.29, 1.82) is 0 Å². The molecule has 3 aromatic carbocycles. The molecule has 0 fully saturated rings. The van der Waals surface area contributed by atoms with E-state index >= 15 is 0 Å². The monoisotopic (exact) mass is 518 g/mol. The lowest BCUT2D eigenvalue weighted by atomic mass is 10.0. The predicted octanol–water partition coefficient (Wildman–Crippen LogP) is 6.45. The van der Waals surface area contributed by atoms with E-state index in [0.717, 1.165) is 12.1 Å². The fourth-order valence-electron chi connectivity index (χ4n) is 3.31. The number of nitrogens with one attached hydrogen (secondary N) is 1. The number of anilines is 1. The SMILES string of the molecule is O=C1Nc2cc(C(F)(F)F)ccc2/C1=C/c1cc(Br)ccc1OCc1ccc([N+](=O)[O-])cc1. The van der Waals surface area contributed by atoms with Gasteiger partial charge in [-0.25, -0.2) is 0 Å². The average molecular weight is 519 g/mol. The van der Waals surface area contributed by atoms with Gasteiger partial charge in [0.1, 0.15) is 12.4 Å². The largest absolute Gasteiger partial charge is 0.488 e. The number of amides is 1. The zero-order valence-corrected chi connectivity index (χ0v) is 18.2. The molecule has 10 heteroatoms. The zero-order valence-electron chi connectivity index (χ0n) is 16.7. The van der Waals surface area contributed by atoms with Crippen LogP contribution < -0.4 is 10.1 Å². The summed E-state index contributed by atoms with van der Waals surface area (Å²) < 4.78 is 45.6. The standard InChI is InChI=1S/C23H14BrF3N2O4/c24-16-4-8-21(33-12-13-1-5-17(6-2-13)29(31)32)14(9-16)10-19-18-7-3-15(23(25,26)27)11-20(18)28-22(19)30/h1-11H,12H2,(H,28,30)/b19-10-. The van der Waals surface area contributed by atoms with Crippen LogP contribution in [0.4, 0.5) is 24.5 Å². The van der Waals surface area contributed by atoms with E-state index in [9.17, 15) is 28.1 Å². The maximum absolute atomic E-state index is 13.0. The number of benzene rings is 3. The van der Waals surface area contributed by atoms with Gasteiger partial charge in [0.25, 0.3) is 11.6 Å². The van der Waals surface area contributed by atoms with Gasteiger partial charge in [-0.05, 0) is 54.1 Å². The third-order valence-electron chi connectivity index (χ3n) is 4.94. The van der Waals surface area contributed by atoms with Crippen LogP contribution in [0.3, 0.4) is 0 Å². The molecule has 0 atom stereocenters. The summed E-state index contributed by atoms with van der Waals surface area (Å²) >= 11 is 3.37. The molecule has 33 heavy (non-hydrogen) atoms. The van der Waals surface area contributed by atoms with Crippen LogP contribution in [-0.2, 0) is 17.6 Å². The van der Waals surface area contributed by atoms with Crippen molar-refractivity contribution in [3.8, 4) is 5.75 Å². The minimum Gasteiger partial charge on any atom is -0.488 e. The van der Waals surface area contributed by atoms with E-state index in [1.165, 1.54) is 18.2 Å². The Bertz CT molecular complexity index is 1290. The summed E-state index contributed by atoms with van der Waals surface area (Å²) in [5, 5.41) is 13.3. The van der Waals surface area contributed by atoms with Crippen molar-refractivity contribution in [2.75, 3.05) is 5.32 Å². The number of non-ortho nitro benzene ring substituents is 1. The quantitative estimate of drug-likeness (QED) is 0.239. The molecule has 1 heterocycles. The third-order valence-corrected chi connectivity index (χ3v) is 5.44. The van der Waals surface area contributed by atoms with Crippen LogP contribution >= 0.6 is 15.9 Å². The van der Waals surface area contributed by atoms with Crippen LogP contribution in [0.15, 0.2) is 65.1 Å². The van der Waals surface area contributed by atoms with Crippen molar-refractivity contribution in [3.63, 3.8) is 0 Å². The minimum atomic E-state index is -4.52. The Morgan fingerprint density at radius 3 is 2.45 bits per heavy atom. The highest BCUT2D eigenvalue weighted by atomic mass is 79.9. The first-order valence-electron chi connectivity index (χ1n) is 9.52. The molecule has 3 aromatic rings. The van der Waals surface area contributed by atoms with Gasteiger partial charge in [-0.15, -0.1) is 0 Å². The number of nitro benzene ring substituents is 1. The number of hydrogen-bond donors (Lipinski definition) is 1. The number of carbonyl (C=O) groups excluding carboxylic acids is 1. The Balaban J connectivity index is 1.63. The van der Waals surface area contributed by atoms with Gasteiger partial charge in [0.15, 0.2) is 0 Å². The molecule has 0 spiro atoms. The lowest BCUT2D eigenvalue weighted by Gasteiger charge is -2.11. The van der Waals surface area contributed by atoms with Crippen molar-refractivity contribution in [2.24, 2.45) is 0 Å².